The average molecular weight is 227 g/mol. The topological polar surface area (TPSA) is 48.5 Å². The summed E-state index contributed by atoms with van der Waals surface area (Å²) in [6, 6.07) is 7.96. The third-order valence-electron chi connectivity index (χ3n) is 2.82. The number of benzene rings is 1. The third kappa shape index (κ3) is 1.69. The van der Waals surface area contributed by atoms with Crippen LogP contribution in [-0.4, -0.2) is 24.5 Å². The SMILES string of the molecule is CCc1nccn1Cn1nnc2ccccc21. The van der Waals surface area contributed by atoms with E-state index in [4.69, 9.17) is 0 Å². The maximum Gasteiger partial charge on any atom is 0.119 e. The number of hydrogen-bond donors (Lipinski definition) is 0. The van der Waals surface area contributed by atoms with Crippen LogP contribution in [0.3, 0.4) is 0 Å². The molecule has 3 rings (SSSR count). The molecule has 5 heteroatoms. The van der Waals surface area contributed by atoms with Crippen LogP contribution in [0.4, 0.5) is 0 Å². The summed E-state index contributed by atoms with van der Waals surface area (Å²) in [5.41, 5.74) is 1.97. The monoisotopic (exact) mass is 227 g/mol. The minimum absolute atomic E-state index is 0.656. The smallest absolute Gasteiger partial charge is 0.119 e. The number of aromatic nitrogens is 5. The number of aryl methyl sites for hydroxylation is 1. The molecule has 1 aromatic carbocycles. The molecular formula is C12H13N5. The summed E-state index contributed by atoms with van der Waals surface area (Å²) in [6.45, 7) is 2.75. The van der Waals surface area contributed by atoms with E-state index in [1.165, 1.54) is 0 Å². The molecule has 0 fully saturated rings. The average Bonchev–Trinajstić information content (AvgIpc) is 2.97. The first-order chi connectivity index (χ1) is 8.38. The molecule has 86 valence electrons. The molecule has 0 aliphatic carbocycles. The number of nitrogens with zero attached hydrogens (tertiary/aromatic N) is 5. The zero-order valence-electron chi connectivity index (χ0n) is 9.61. The van der Waals surface area contributed by atoms with Gasteiger partial charge in [0.2, 0.25) is 0 Å². The number of para-hydroxylation sites is 1. The van der Waals surface area contributed by atoms with Gasteiger partial charge in [-0.2, -0.15) is 0 Å². The summed E-state index contributed by atoms with van der Waals surface area (Å²) in [6.07, 6.45) is 4.70. The first-order valence-corrected chi connectivity index (χ1v) is 5.66. The Morgan fingerprint density at radius 1 is 1.24 bits per heavy atom. The molecule has 0 unspecified atom stereocenters. The minimum Gasteiger partial charge on any atom is -0.315 e. The summed E-state index contributed by atoms with van der Waals surface area (Å²) in [5.74, 6) is 1.06. The highest BCUT2D eigenvalue weighted by Gasteiger charge is 2.05. The van der Waals surface area contributed by atoms with Gasteiger partial charge < -0.3 is 4.57 Å². The molecule has 5 nitrogen and oxygen atoms in total. The molecule has 0 saturated carbocycles. The fourth-order valence-corrected chi connectivity index (χ4v) is 1.95. The highest BCUT2D eigenvalue weighted by molar-refractivity contribution is 5.73. The lowest BCUT2D eigenvalue weighted by molar-refractivity contribution is 0.529. The van der Waals surface area contributed by atoms with Crippen molar-refractivity contribution in [2.24, 2.45) is 0 Å². The number of hydrogen-bond acceptors (Lipinski definition) is 3. The van der Waals surface area contributed by atoms with Gasteiger partial charge in [-0.1, -0.05) is 24.3 Å². The lowest BCUT2D eigenvalue weighted by Crippen LogP contribution is -2.11. The predicted molar refractivity (Wildman–Crippen MR) is 64.5 cm³/mol. The molecule has 0 spiro atoms. The van der Waals surface area contributed by atoms with Gasteiger partial charge in [-0.05, 0) is 12.1 Å². The molecule has 2 heterocycles. The Balaban J connectivity index is 2.00. The Bertz CT molecular complexity index is 637. The summed E-state index contributed by atoms with van der Waals surface area (Å²) in [7, 11) is 0. The van der Waals surface area contributed by atoms with E-state index in [1.807, 2.05) is 41.3 Å². The highest BCUT2D eigenvalue weighted by atomic mass is 15.5. The van der Waals surface area contributed by atoms with Gasteiger partial charge in [-0.3, -0.25) is 0 Å². The van der Waals surface area contributed by atoms with Crippen LogP contribution in [0, 0.1) is 0 Å². The van der Waals surface area contributed by atoms with Gasteiger partial charge in [0.1, 0.15) is 18.0 Å². The molecule has 0 radical (unpaired) electrons. The maximum absolute atomic E-state index is 4.30. The van der Waals surface area contributed by atoms with Gasteiger partial charge in [0.05, 0.1) is 5.52 Å². The standard InChI is InChI=1S/C12H13N5/c1-2-12-13-7-8-16(12)9-17-11-6-4-3-5-10(11)14-15-17/h3-8H,2,9H2,1H3. The Hall–Kier alpha value is -2.17. The van der Waals surface area contributed by atoms with E-state index >= 15 is 0 Å². The van der Waals surface area contributed by atoms with E-state index in [9.17, 15) is 0 Å². The molecule has 0 atom stereocenters. The molecule has 17 heavy (non-hydrogen) atoms. The van der Waals surface area contributed by atoms with E-state index in [2.05, 4.69) is 26.8 Å². The zero-order valence-corrected chi connectivity index (χ0v) is 9.61. The van der Waals surface area contributed by atoms with E-state index < -0.39 is 0 Å². The van der Waals surface area contributed by atoms with Crippen LogP contribution >= 0.6 is 0 Å². The van der Waals surface area contributed by atoms with E-state index in [0.717, 1.165) is 23.3 Å². The van der Waals surface area contributed by atoms with Crippen LogP contribution in [0.15, 0.2) is 36.7 Å². The lowest BCUT2D eigenvalue weighted by Gasteiger charge is -2.06. The van der Waals surface area contributed by atoms with Crippen molar-refractivity contribution in [3.05, 3.63) is 42.5 Å². The first kappa shape index (κ1) is 10.0. The quantitative estimate of drug-likeness (QED) is 0.684. The molecule has 0 amide bonds. The second kappa shape index (κ2) is 4.01. The summed E-state index contributed by atoms with van der Waals surface area (Å²) >= 11 is 0. The second-order valence-electron chi connectivity index (χ2n) is 3.89. The summed E-state index contributed by atoms with van der Waals surface area (Å²) in [4.78, 5) is 4.30. The molecule has 0 aliphatic rings. The van der Waals surface area contributed by atoms with Gasteiger partial charge in [-0.25, -0.2) is 9.67 Å². The van der Waals surface area contributed by atoms with Crippen molar-refractivity contribution < 1.29 is 0 Å². The van der Waals surface area contributed by atoms with Crippen molar-refractivity contribution >= 4 is 11.0 Å². The molecule has 0 N–H and O–H groups in total. The molecular weight excluding hydrogens is 214 g/mol. The Morgan fingerprint density at radius 3 is 3.00 bits per heavy atom. The lowest BCUT2D eigenvalue weighted by atomic mass is 10.3. The van der Waals surface area contributed by atoms with Crippen LogP contribution < -0.4 is 0 Å². The maximum atomic E-state index is 4.30. The van der Waals surface area contributed by atoms with Gasteiger partial charge in [-0.15, -0.1) is 5.10 Å². The van der Waals surface area contributed by atoms with Crippen molar-refractivity contribution in [2.45, 2.75) is 20.0 Å². The molecule has 2 aromatic heterocycles. The van der Waals surface area contributed by atoms with Gasteiger partial charge in [0, 0.05) is 18.8 Å². The fraction of sp³-hybridized carbons (Fsp3) is 0.250. The third-order valence-corrected chi connectivity index (χ3v) is 2.82. The minimum atomic E-state index is 0.656. The molecule has 0 saturated heterocycles. The number of rotatable bonds is 3. The number of fused-ring (bicyclic) bond motifs is 1. The van der Waals surface area contributed by atoms with E-state index in [1.54, 1.807) is 0 Å². The van der Waals surface area contributed by atoms with E-state index in [0.29, 0.717) is 6.67 Å². The molecule has 0 bridgehead atoms. The normalized spacial score (nSPS) is 11.1. The molecule has 3 aromatic rings. The number of imidazole rings is 1. The van der Waals surface area contributed by atoms with Crippen LogP contribution in [0.25, 0.3) is 11.0 Å². The van der Waals surface area contributed by atoms with Crippen molar-refractivity contribution in [3.63, 3.8) is 0 Å². The second-order valence-corrected chi connectivity index (χ2v) is 3.89. The van der Waals surface area contributed by atoms with Gasteiger partial charge in [0.25, 0.3) is 0 Å². The zero-order chi connectivity index (χ0) is 11.7. The van der Waals surface area contributed by atoms with Gasteiger partial charge in [0.15, 0.2) is 0 Å². The fourth-order valence-electron chi connectivity index (χ4n) is 1.95. The summed E-state index contributed by atoms with van der Waals surface area (Å²) < 4.78 is 3.97. The predicted octanol–water partition coefficient (Wildman–Crippen LogP) is 1.70. The Morgan fingerprint density at radius 2 is 2.12 bits per heavy atom. The molecule has 0 aliphatic heterocycles. The van der Waals surface area contributed by atoms with E-state index in [-0.39, 0.29) is 0 Å². The van der Waals surface area contributed by atoms with Crippen molar-refractivity contribution in [1.82, 2.24) is 24.5 Å². The van der Waals surface area contributed by atoms with Crippen molar-refractivity contribution in [1.29, 1.82) is 0 Å². The Labute approximate surface area is 98.7 Å². The van der Waals surface area contributed by atoms with Crippen LogP contribution in [0.2, 0.25) is 0 Å². The summed E-state index contributed by atoms with van der Waals surface area (Å²) in [5, 5.41) is 8.30. The van der Waals surface area contributed by atoms with Crippen LogP contribution in [0.5, 0.6) is 0 Å². The largest absolute Gasteiger partial charge is 0.315 e. The van der Waals surface area contributed by atoms with Crippen LogP contribution in [-0.2, 0) is 13.1 Å². The van der Waals surface area contributed by atoms with Crippen molar-refractivity contribution in [3.8, 4) is 0 Å². The first-order valence-electron chi connectivity index (χ1n) is 5.66. The van der Waals surface area contributed by atoms with Crippen LogP contribution in [0.1, 0.15) is 12.7 Å². The highest BCUT2D eigenvalue weighted by Crippen LogP contribution is 2.10. The van der Waals surface area contributed by atoms with Gasteiger partial charge >= 0.3 is 0 Å². The van der Waals surface area contributed by atoms with Crippen molar-refractivity contribution in [2.75, 3.05) is 0 Å². The Kier molecular flexibility index (Phi) is 2.36.